The second-order valence-electron chi connectivity index (χ2n) is 5.97. The van der Waals surface area contributed by atoms with E-state index < -0.39 is 5.97 Å². The molecule has 112 valence electrons. The zero-order chi connectivity index (χ0) is 15.0. The number of rotatable bonds is 4. The smallest absolute Gasteiger partial charge is 0.317 e. The first-order valence-corrected chi connectivity index (χ1v) is 6.99. The first-order chi connectivity index (χ1) is 9.98. The van der Waals surface area contributed by atoms with Crippen LogP contribution in [0.5, 0.6) is 0 Å². The average molecular weight is 292 g/mol. The number of carbonyl (C=O) groups is 2. The summed E-state index contributed by atoms with van der Waals surface area (Å²) in [5.41, 5.74) is 0.384. The lowest BCUT2D eigenvalue weighted by molar-refractivity contribution is -0.138. The van der Waals surface area contributed by atoms with Crippen LogP contribution in [0.2, 0.25) is 0 Å². The molecule has 1 aliphatic carbocycles. The van der Waals surface area contributed by atoms with Gasteiger partial charge in [-0.1, -0.05) is 6.07 Å². The molecule has 6 heteroatoms. The van der Waals surface area contributed by atoms with E-state index >= 15 is 0 Å². The molecular formula is C15H17FN2O3. The molecule has 1 aromatic rings. The number of nitrogens with zero attached hydrogens (tertiary/aromatic N) is 1. The topological polar surface area (TPSA) is 69.6 Å². The van der Waals surface area contributed by atoms with Crippen molar-refractivity contribution in [1.82, 2.24) is 4.90 Å². The van der Waals surface area contributed by atoms with Gasteiger partial charge in [-0.15, -0.1) is 0 Å². The van der Waals surface area contributed by atoms with Gasteiger partial charge in [0.1, 0.15) is 5.82 Å². The minimum absolute atomic E-state index is 0.0278. The zero-order valence-corrected chi connectivity index (χ0v) is 11.5. The van der Waals surface area contributed by atoms with Crippen LogP contribution in [0.15, 0.2) is 24.3 Å². The molecule has 21 heavy (non-hydrogen) atoms. The minimum atomic E-state index is -0.839. The summed E-state index contributed by atoms with van der Waals surface area (Å²) >= 11 is 0. The van der Waals surface area contributed by atoms with Crippen LogP contribution in [0, 0.1) is 17.2 Å². The van der Waals surface area contributed by atoms with Gasteiger partial charge in [-0.3, -0.25) is 14.5 Å². The van der Waals surface area contributed by atoms with E-state index in [1.54, 1.807) is 12.1 Å². The molecule has 1 heterocycles. The maximum Gasteiger partial charge on any atom is 0.317 e. The fourth-order valence-electron chi connectivity index (χ4n) is 3.28. The van der Waals surface area contributed by atoms with Crippen molar-refractivity contribution >= 4 is 17.6 Å². The van der Waals surface area contributed by atoms with E-state index in [0.717, 1.165) is 19.4 Å². The number of likely N-dealkylation sites (tertiary alicyclic amines) is 1. The summed E-state index contributed by atoms with van der Waals surface area (Å²) in [4.78, 5) is 24.8. The predicted molar refractivity (Wildman–Crippen MR) is 74.3 cm³/mol. The normalized spacial score (nSPS) is 27.8. The Morgan fingerprint density at radius 2 is 2.29 bits per heavy atom. The van der Waals surface area contributed by atoms with Gasteiger partial charge in [-0.2, -0.15) is 0 Å². The highest BCUT2D eigenvalue weighted by Crippen LogP contribution is 2.58. The highest BCUT2D eigenvalue weighted by atomic mass is 19.1. The Morgan fingerprint density at radius 3 is 3.00 bits per heavy atom. The first-order valence-electron chi connectivity index (χ1n) is 6.99. The number of carboxylic acids is 1. The summed E-state index contributed by atoms with van der Waals surface area (Å²) in [5.74, 6) is -1.42. The second kappa shape index (κ2) is 5.11. The second-order valence-corrected chi connectivity index (χ2v) is 5.97. The van der Waals surface area contributed by atoms with Gasteiger partial charge in [0.25, 0.3) is 0 Å². The lowest BCUT2D eigenvalue weighted by Gasteiger charge is -2.13. The van der Waals surface area contributed by atoms with Gasteiger partial charge in [0, 0.05) is 18.2 Å². The summed E-state index contributed by atoms with van der Waals surface area (Å²) in [7, 11) is 0. The Bertz CT molecular complexity index is 592. The molecule has 1 saturated carbocycles. The van der Waals surface area contributed by atoms with Crippen LogP contribution in [-0.2, 0) is 9.59 Å². The van der Waals surface area contributed by atoms with Gasteiger partial charge in [-0.25, -0.2) is 4.39 Å². The molecule has 1 aromatic carbocycles. The molecule has 1 aliphatic heterocycles. The quantitative estimate of drug-likeness (QED) is 0.883. The third-order valence-electron chi connectivity index (χ3n) is 4.42. The summed E-state index contributed by atoms with van der Waals surface area (Å²) in [5, 5.41) is 11.5. The lowest BCUT2D eigenvalue weighted by Crippen LogP contribution is -2.28. The van der Waals surface area contributed by atoms with Crippen molar-refractivity contribution in [2.24, 2.45) is 11.3 Å². The highest BCUT2D eigenvalue weighted by molar-refractivity contribution is 5.95. The number of carbonyl (C=O) groups excluding carboxylic acids is 1. The average Bonchev–Trinajstić information content (AvgIpc) is 2.95. The molecule has 2 N–H and O–H groups in total. The SMILES string of the molecule is O=C(O)CN1CC[C@]2(C[C@H]2C(=O)Nc2cccc(F)c2)C1. The van der Waals surface area contributed by atoms with Crippen molar-refractivity contribution in [1.29, 1.82) is 0 Å². The van der Waals surface area contributed by atoms with Crippen molar-refractivity contribution in [2.75, 3.05) is 25.0 Å². The third-order valence-corrected chi connectivity index (χ3v) is 4.42. The highest BCUT2D eigenvalue weighted by Gasteiger charge is 2.60. The van der Waals surface area contributed by atoms with Crippen LogP contribution in [0.25, 0.3) is 0 Å². The number of aliphatic carboxylic acids is 1. The molecule has 0 radical (unpaired) electrons. The number of hydrogen-bond acceptors (Lipinski definition) is 3. The van der Waals surface area contributed by atoms with Crippen LogP contribution in [0.3, 0.4) is 0 Å². The molecule has 1 amide bonds. The van der Waals surface area contributed by atoms with Crippen molar-refractivity contribution < 1.29 is 19.1 Å². The van der Waals surface area contributed by atoms with Gasteiger partial charge >= 0.3 is 5.97 Å². The summed E-state index contributed by atoms with van der Waals surface area (Å²) in [6, 6.07) is 5.83. The first kappa shape index (κ1) is 14.0. The van der Waals surface area contributed by atoms with E-state index in [2.05, 4.69) is 5.32 Å². The summed E-state index contributed by atoms with van der Waals surface area (Å²) in [6.07, 6.45) is 1.63. The Morgan fingerprint density at radius 1 is 1.48 bits per heavy atom. The van der Waals surface area contributed by atoms with Crippen molar-refractivity contribution in [2.45, 2.75) is 12.8 Å². The van der Waals surface area contributed by atoms with E-state index in [0.29, 0.717) is 12.2 Å². The number of benzene rings is 1. The molecule has 1 spiro atoms. The van der Waals surface area contributed by atoms with E-state index in [9.17, 15) is 14.0 Å². The van der Waals surface area contributed by atoms with Gasteiger partial charge in [0.15, 0.2) is 0 Å². The van der Waals surface area contributed by atoms with E-state index in [1.165, 1.54) is 12.1 Å². The molecule has 1 saturated heterocycles. The van der Waals surface area contributed by atoms with E-state index in [1.807, 2.05) is 4.90 Å². The van der Waals surface area contributed by atoms with Crippen molar-refractivity contribution in [3.05, 3.63) is 30.1 Å². The monoisotopic (exact) mass is 292 g/mol. The maximum atomic E-state index is 13.1. The Balaban J connectivity index is 1.58. The summed E-state index contributed by atoms with van der Waals surface area (Å²) in [6.45, 7) is 1.40. The largest absolute Gasteiger partial charge is 0.480 e. The molecule has 2 atom stereocenters. The molecule has 0 aromatic heterocycles. The number of hydrogen-bond donors (Lipinski definition) is 2. The third kappa shape index (κ3) is 2.90. The van der Waals surface area contributed by atoms with Crippen molar-refractivity contribution in [3.8, 4) is 0 Å². The molecular weight excluding hydrogens is 275 g/mol. The van der Waals surface area contributed by atoms with Crippen LogP contribution in [-0.4, -0.2) is 41.5 Å². The van der Waals surface area contributed by atoms with Gasteiger partial charge in [-0.05, 0) is 43.0 Å². The van der Waals surface area contributed by atoms with Gasteiger partial charge in [0.05, 0.1) is 6.54 Å². The minimum Gasteiger partial charge on any atom is -0.480 e. The predicted octanol–water partition coefficient (Wildman–Crippen LogP) is 1.56. The van der Waals surface area contributed by atoms with E-state index in [4.69, 9.17) is 5.11 Å². The van der Waals surface area contributed by atoms with Gasteiger partial charge in [0.2, 0.25) is 5.91 Å². The number of anilines is 1. The zero-order valence-electron chi connectivity index (χ0n) is 11.5. The maximum absolute atomic E-state index is 13.1. The van der Waals surface area contributed by atoms with E-state index in [-0.39, 0.29) is 29.6 Å². The molecule has 2 aliphatic rings. The number of halogens is 1. The molecule has 0 unspecified atom stereocenters. The number of nitrogens with one attached hydrogen (secondary N) is 1. The molecule has 3 rings (SSSR count). The molecule has 5 nitrogen and oxygen atoms in total. The number of amides is 1. The molecule has 2 fully saturated rings. The van der Waals surface area contributed by atoms with Crippen molar-refractivity contribution in [3.63, 3.8) is 0 Å². The summed E-state index contributed by atoms with van der Waals surface area (Å²) < 4.78 is 13.1. The number of carboxylic acid groups (broad SMARTS) is 1. The van der Waals surface area contributed by atoms with Crippen LogP contribution < -0.4 is 5.32 Å². The fraction of sp³-hybridized carbons (Fsp3) is 0.467. The van der Waals surface area contributed by atoms with Crippen LogP contribution >= 0.6 is 0 Å². The standard InChI is InChI=1S/C15H17FN2O3/c16-10-2-1-3-11(6-10)17-14(21)12-7-15(12)4-5-18(9-15)8-13(19)20/h1-3,6,12H,4-5,7-9H2,(H,17,21)(H,19,20)/t12-,15-/m0/s1. The van der Waals surface area contributed by atoms with Crippen LogP contribution in [0.4, 0.5) is 10.1 Å². The Kier molecular flexibility index (Phi) is 3.41. The Labute approximate surface area is 121 Å². The van der Waals surface area contributed by atoms with Crippen LogP contribution in [0.1, 0.15) is 12.8 Å². The fourth-order valence-corrected chi connectivity index (χ4v) is 3.28. The lowest BCUT2D eigenvalue weighted by atomic mass is 10.0. The molecule has 0 bridgehead atoms. The Hall–Kier alpha value is -1.95. The van der Waals surface area contributed by atoms with Gasteiger partial charge < -0.3 is 10.4 Å².